The van der Waals surface area contributed by atoms with Crippen molar-refractivity contribution in [1.29, 1.82) is 0 Å². The number of nitrogens with zero attached hydrogens (tertiary/aromatic N) is 6. The second-order valence-corrected chi connectivity index (χ2v) is 11.9. The van der Waals surface area contributed by atoms with Gasteiger partial charge in [0.05, 0.1) is 12.3 Å². The largest absolute Gasteiger partial charge is 0.393 e. The van der Waals surface area contributed by atoms with Crippen molar-refractivity contribution in [3.8, 4) is 0 Å². The Kier molecular flexibility index (Phi) is 8.22. The van der Waals surface area contributed by atoms with Gasteiger partial charge in [-0.2, -0.15) is 4.98 Å². The molecule has 0 bridgehead atoms. The second-order valence-electron chi connectivity index (χ2n) is 11.9. The Bertz CT molecular complexity index is 1400. The molecule has 1 aliphatic heterocycles. The van der Waals surface area contributed by atoms with Crippen molar-refractivity contribution in [1.82, 2.24) is 29.3 Å². The summed E-state index contributed by atoms with van der Waals surface area (Å²) in [7, 11) is 2.08. The van der Waals surface area contributed by atoms with E-state index >= 15 is 0 Å². The summed E-state index contributed by atoms with van der Waals surface area (Å²) in [5.74, 6) is -2.26. The molecule has 0 unspecified atom stereocenters. The molecule has 0 atom stereocenters. The molecular formula is C29H37F3N8O2. The van der Waals surface area contributed by atoms with E-state index in [1.807, 2.05) is 9.47 Å². The van der Waals surface area contributed by atoms with Gasteiger partial charge in [-0.3, -0.25) is 9.36 Å². The monoisotopic (exact) mass is 586 g/mol. The third-order valence-corrected chi connectivity index (χ3v) is 8.93. The summed E-state index contributed by atoms with van der Waals surface area (Å²) in [6.45, 7) is 3.38. The first-order valence-electron chi connectivity index (χ1n) is 14.8. The Balaban J connectivity index is 1.20. The van der Waals surface area contributed by atoms with Crippen LogP contribution >= 0.6 is 0 Å². The molecule has 0 spiro atoms. The number of piperazine rings is 1. The lowest BCUT2D eigenvalue weighted by atomic mass is 9.85. The number of rotatable bonds is 6. The van der Waals surface area contributed by atoms with Crippen LogP contribution in [0.3, 0.4) is 0 Å². The fourth-order valence-corrected chi connectivity index (χ4v) is 6.44. The first-order chi connectivity index (χ1) is 20.2. The summed E-state index contributed by atoms with van der Waals surface area (Å²) in [5, 5.41) is 16.2. The molecule has 3 aromatic rings. The Labute approximate surface area is 242 Å². The van der Waals surface area contributed by atoms with Crippen molar-refractivity contribution in [2.24, 2.45) is 5.92 Å². The lowest BCUT2D eigenvalue weighted by Crippen LogP contribution is -2.49. The number of benzene rings is 1. The van der Waals surface area contributed by atoms with E-state index in [0.717, 1.165) is 51.9 Å². The summed E-state index contributed by atoms with van der Waals surface area (Å²) >= 11 is 0. The van der Waals surface area contributed by atoms with Gasteiger partial charge in [-0.05, 0) is 58.4 Å². The molecule has 1 saturated heterocycles. The topological polar surface area (TPSA) is 111 Å². The molecule has 3 aliphatic rings. The van der Waals surface area contributed by atoms with Gasteiger partial charge in [0.1, 0.15) is 17.0 Å². The normalized spacial score (nSPS) is 25.5. The first kappa shape index (κ1) is 28.7. The quantitative estimate of drug-likeness (QED) is 0.394. The minimum absolute atomic E-state index is 0.0406. The van der Waals surface area contributed by atoms with Crippen LogP contribution in [0, 0.1) is 23.4 Å². The minimum atomic E-state index is -1.07. The van der Waals surface area contributed by atoms with E-state index in [0.29, 0.717) is 54.9 Å². The molecule has 2 aromatic heterocycles. The maximum atomic E-state index is 14.5. The Morgan fingerprint density at radius 3 is 2.26 bits per heavy atom. The van der Waals surface area contributed by atoms with Crippen LogP contribution in [-0.4, -0.2) is 85.7 Å². The van der Waals surface area contributed by atoms with Crippen LogP contribution in [0.25, 0.3) is 11.2 Å². The molecule has 3 heterocycles. The summed E-state index contributed by atoms with van der Waals surface area (Å²) in [6.07, 6.45) is 6.84. The van der Waals surface area contributed by atoms with Crippen molar-refractivity contribution in [2.45, 2.75) is 69.6 Å². The van der Waals surface area contributed by atoms with Crippen LogP contribution in [0.4, 0.5) is 30.8 Å². The predicted octanol–water partition coefficient (Wildman–Crippen LogP) is 4.21. The molecule has 3 fully saturated rings. The average Bonchev–Trinajstić information content (AvgIpc) is 3.33. The first-order valence-corrected chi connectivity index (χ1v) is 14.8. The molecule has 6 rings (SSSR count). The van der Waals surface area contributed by atoms with Crippen molar-refractivity contribution in [2.75, 3.05) is 43.9 Å². The summed E-state index contributed by atoms with van der Waals surface area (Å²) in [5.41, 5.74) is 0.440. The zero-order chi connectivity index (χ0) is 29.4. The van der Waals surface area contributed by atoms with Crippen LogP contribution in [0.15, 0.2) is 18.3 Å². The molecule has 0 radical (unpaired) electrons. The van der Waals surface area contributed by atoms with E-state index in [9.17, 15) is 23.1 Å². The number of imidazole rings is 1. The van der Waals surface area contributed by atoms with Gasteiger partial charge in [-0.15, -0.1) is 0 Å². The molecule has 226 valence electrons. The SMILES string of the molecule is CN1CCN(C(=O)[C@H]2CC[C@H](Nc3ncc4nc(Nc5c(F)cc(F)cc5F)n([C@H]5CC[C@@H](O)CC5)c4n3)CC2)CC1. The van der Waals surface area contributed by atoms with Crippen LogP contribution in [0.1, 0.15) is 57.4 Å². The maximum Gasteiger partial charge on any atom is 0.225 e. The number of aliphatic hydroxyl groups is 1. The number of aromatic nitrogens is 4. The molecule has 3 N–H and O–H groups in total. The maximum absolute atomic E-state index is 14.5. The zero-order valence-electron chi connectivity index (χ0n) is 23.7. The highest BCUT2D eigenvalue weighted by molar-refractivity contribution is 5.79. The van der Waals surface area contributed by atoms with E-state index in [1.165, 1.54) is 0 Å². The van der Waals surface area contributed by atoms with Gasteiger partial charge in [0.25, 0.3) is 0 Å². The molecule has 42 heavy (non-hydrogen) atoms. The van der Waals surface area contributed by atoms with E-state index in [1.54, 1.807) is 6.20 Å². The van der Waals surface area contributed by atoms with E-state index in [2.05, 4.69) is 32.5 Å². The van der Waals surface area contributed by atoms with E-state index in [-0.39, 0.29) is 29.9 Å². The van der Waals surface area contributed by atoms with Gasteiger partial charge in [0, 0.05) is 56.3 Å². The minimum Gasteiger partial charge on any atom is -0.393 e. The number of hydrogen-bond acceptors (Lipinski definition) is 8. The van der Waals surface area contributed by atoms with Crippen molar-refractivity contribution < 1.29 is 23.1 Å². The van der Waals surface area contributed by atoms with Crippen molar-refractivity contribution >= 4 is 34.7 Å². The summed E-state index contributed by atoms with van der Waals surface area (Å²) < 4.78 is 44.4. The molecule has 1 amide bonds. The van der Waals surface area contributed by atoms with Gasteiger partial charge >= 0.3 is 0 Å². The molecule has 1 aromatic carbocycles. The number of fused-ring (bicyclic) bond motifs is 1. The van der Waals surface area contributed by atoms with Crippen molar-refractivity contribution in [3.63, 3.8) is 0 Å². The second kappa shape index (κ2) is 12.0. The van der Waals surface area contributed by atoms with Gasteiger partial charge in [0.2, 0.25) is 17.8 Å². The van der Waals surface area contributed by atoms with Gasteiger partial charge in [0.15, 0.2) is 17.3 Å². The van der Waals surface area contributed by atoms with Gasteiger partial charge < -0.3 is 25.5 Å². The third kappa shape index (κ3) is 6.03. The van der Waals surface area contributed by atoms with Crippen LogP contribution in [-0.2, 0) is 4.79 Å². The number of aliphatic hydroxyl groups excluding tert-OH is 1. The number of anilines is 3. The smallest absolute Gasteiger partial charge is 0.225 e. The predicted molar refractivity (Wildman–Crippen MR) is 152 cm³/mol. The highest BCUT2D eigenvalue weighted by Crippen LogP contribution is 2.36. The molecular weight excluding hydrogens is 549 g/mol. The van der Waals surface area contributed by atoms with Crippen LogP contribution < -0.4 is 10.6 Å². The number of carbonyl (C=O) groups is 1. The molecule has 10 nitrogen and oxygen atoms in total. The standard InChI is InChI=1S/C29H37F3N8O2/c1-38-10-12-39(13-11-38)27(42)17-2-4-19(5-3-17)34-28-33-16-24-26(37-28)40(20-6-8-21(41)9-7-20)29(35-24)36-25-22(31)14-18(30)15-23(25)32/h14-17,19-21,41H,2-13H2,1H3,(H,35,36)(H,33,34,37)/t17-,19-,20-,21+. The Morgan fingerprint density at radius 1 is 0.929 bits per heavy atom. The van der Waals surface area contributed by atoms with Gasteiger partial charge in [-0.25, -0.2) is 23.1 Å². The van der Waals surface area contributed by atoms with Gasteiger partial charge in [-0.1, -0.05) is 0 Å². The van der Waals surface area contributed by atoms with Crippen LogP contribution in [0.5, 0.6) is 0 Å². The third-order valence-electron chi connectivity index (χ3n) is 8.93. The highest BCUT2D eigenvalue weighted by atomic mass is 19.1. The summed E-state index contributed by atoms with van der Waals surface area (Å²) in [6, 6.07) is 1.22. The van der Waals surface area contributed by atoms with Crippen LogP contribution in [0.2, 0.25) is 0 Å². The fourth-order valence-electron chi connectivity index (χ4n) is 6.44. The van der Waals surface area contributed by atoms with Crippen molar-refractivity contribution in [3.05, 3.63) is 35.8 Å². The lowest BCUT2D eigenvalue weighted by Gasteiger charge is -2.36. The number of amides is 1. The Morgan fingerprint density at radius 2 is 1.60 bits per heavy atom. The highest BCUT2D eigenvalue weighted by Gasteiger charge is 2.32. The fraction of sp³-hybridized carbons (Fsp3) is 0.586. The molecule has 2 aliphatic carbocycles. The average molecular weight is 587 g/mol. The number of carbonyl (C=O) groups excluding carboxylic acids is 1. The lowest BCUT2D eigenvalue weighted by molar-refractivity contribution is -0.138. The van der Waals surface area contributed by atoms with E-state index < -0.39 is 29.2 Å². The number of halogens is 3. The Hall–Kier alpha value is -3.45. The summed E-state index contributed by atoms with van der Waals surface area (Å²) in [4.78, 5) is 31.0. The number of hydrogen-bond donors (Lipinski definition) is 3. The number of likely N-dealkylation sites (N-methyl/N-ethyl adjacent to an activating group) is 1. The molecule has 2 saturated carbocycles. The van der Waals surface area contributed by atoms with E-state index in [4.69, 9.17) is 4.98 Å². The number of nitrogens with one attached hydrogen (secondary N) is 2. The zero-order valence-corrected chi connectivity index (χ0v) is 23.7. The molecule has 13 heteroatoms.